The number of hydrogen-bond donors (Lipinski definition) is 2. The van der Waals surface area contributed by atoms with E-state index in [1.807, 2.05) is 4.57 Å². The van der Waals surface area contributed by atoms with E-state index in [0.717, 1.165) is 30.9 Å². The van der Waals surface area contributed by atoms with Crippen LogP contribution in [0.5, 0.6) is 0 Å². The van der Waals surface area contributed by atoms with E-state index in [2.05, 4.69) is 4.98 Å². The van der Waals surface area contributed by atoms with Gasteiger partial charge < -0.3 is 14.8 Å². The zero-order valence-corrected chi connectivity index (χ0v) is 7.68. The quantitative estimate of drug-likeness (QED) is 0.703. The molecule has 76 valence electrons. The molecule has 0 spiro atoms. The van der Waals surface area contributed by atoms with Crippen LogP contribution < -0.4 is 0 Å². The van der Waals surface area contributed by atoms with Crippen LogP contribution in [0.3, 0.4) is 0 Å². The molecule has 1 atom stereocenters. The first-order valence-corrected chi connectivity index (χ1v) is 4.62. The minimum atomic E-state index is -1.32. The first-order valence-electron chi connectivity index (χ1n) is 4.62. The fourth-order valence-corrected chi connectivity index (χ4v) is 1.77. The van der Waals surface area contributed by atoms with Crippen molar-refractivity contribution < 1.29 is 15.0 Å². The standard InChI is InChI=1S/C9H12N2O3/c12-7(9(13)14)4-6-5-10-8-2-1-3-11(6)8/h5,7,12H,1-4H2,(H,13,14). The van der Waals surface area contributed by atoms with E-state index in [1.54, 1.807) is 6.20 Å². The van der Waals surface area contributed by atoms with Gasteiger partial charge in [-0.1, -0.05) is 0 Å². The Balaban J connectivity index is 2.14. The maximum absolute atomic E-state index is 10.4. The lowest BCUT2D eigenvalue weighted by atomic mass is 10.2. The number of rotatable bonds is 3. The van der Waals surface area contributed by atoms with E-state index in [1.165, 1.54) is 0 Å². The van der Waals surface area contributed by atoms with Crippen LogP contribution in [0.25, 0.3) is 0 Å². The highest BCUT2D eigenvalue weighted by Gasteiger charge is 2.20. The van der Waals surface area contributed by atoms with Gasteiger partial charge in [0.2, 0.25) is 0 Å². The van der Waals surface area contributed by atoms with E-state index < -0.39 is 12.1 Å². The van der Waals surface area contributed by atoms with Crippen molar-refractivity contribution in [3.8, 4) is 0 Å². The molecule has 0 fully saturated rings. The number of fused-ring (bicyclic) bond motifs is 1. The number of hydrogen-bond acceptors (Lipinski definition) is 3. The Labute approximate surface area is 81.0 Å². The molecule has 5 heteroatoms. The second-order valence-corrected chi connectivity index (χ2v) is 3.48. The number of aliphatic carboxylic acids is 1. The molecule has 2 N–H and O–H groups in total. The fourth-order valence-electron chi connectivity index (χ4n) is 1.77. The zero-order chi connectivity index (χ0) is 10.1. The largest absolute Gasteiger partial charge is 0.479 e. The summed E-state index contributed by atoms with van der Waals surface area (Å²) in [5.74, 6) is -0.184. The maximum atomic E-state index is 10.4. The van der Waals surface area contributed by atoms with Crippen molar-refractivity contribution in [2.24, 2.45) is 0 Å². The number of imidazole rings is 1. The molecule has 2 heterocycles. The highest BCUT2D eigenvalue weighted by Crippen LogP contribution is 2.17. The Kier molecular flexibility index (Phi) is 2.25. The van der Waals surface area contributed by atoms with Crippen LogP contribution in [-0.2, 0) is 24.2 Å². The molecule has 0 radical (unpaired) electrons. The number of aliphatic hydroxyl groups excluding tert-OH is 1. The lowest BCUT2D eigenvalue weighted by Crippen LogP contribution is -2.23. The normalized spacial score (nSPS) is 16.6. The topological polar surface area (TPSA) is 75.3 Å². The number of carboxylic acid groups (broad SMARTS) is 1. The summed E-state index contributed by atoms with van der Waals surface area (Å²) in [6.45, 7) is 0.886. The van der Waals surface area contributed by atoms with Crippen LogP contribution >= 0.6 is 0 Å². The molecule has 0 aromatic carbocycles. The molecule has 0 amide bonds. The summed E-state index contributed by atoms with van der Waals surface area (Å²) in [6, 6.07) is 0. The maximum Gasteiger partial charge on any atom is 0.332 e. The average Bonchev–Trinajstić information content (AvgIpc) is 2.69. The first-order chi connectivity index (χ1) is 6.68. The summed E-state index contributed by atoms with van der Waals surface area (Å²) in [7, 11) is 0. The molecular weight excluding hydrogens is 184 g/mol. The van der Waals surface area contributed by atoms with Crippen molar-refractivity contribution in [2.75, 3.05) is 0 Å². The van der Waals surface area contributed by atoms with Crippen LogP contribution in [0.1, 0.15) is 17.9 Å². The van der Waals surface area contributed by atoms with Gasteiger partial charge in [0.05, 0.1) is 0 Å². The highest BCUT2D eigenvalue weighted by atomic mass is 16.4. The van der Waals surface area contributed by atoms with Gasteiger partial charge in [0.15, 0.2) is 6.10 Å². The minimum absolute atomic E-state index is 0.141. The van der Waals surface area contributed by atoms with Crippen molar-refractivity contribution in [3.63, 3.8) is 0 Å². The van der Waals surface area contributed by atoms with E-state index in [0.29, 0.717) is 0 Å². The highest BCUT2D eigenvalue weighted by molar-refractivity contribution is 5.72. The SMILES string of the molecule is O=C(O)C(O)Cc1cnc2n1CCC2. The molecule has 14 heavy (non-hydrogen) atoms. The summed E-state index contributed by atoms with van der Waals surface area (Å²) in [4.78, 5) is 14.6. The molecule has 1 unspecified atom stereocenters. The molecule has 0 aliphatic carbocycles. The Bertz CT molecular complexity index is 359. The lowest BCUT2D eigenvalue weighted by molar-refractivity contribution is -0.146. The third-order valence-electron chi connectivity index (χ3n) is 2.49. The lowest BCUT2D eigenvalue weighted by Gasteiger charge is -2.06. The summed E-state index contributed by atoms with van der Waals surface area (Å²) < 4.78 is 1.99. The number of aliphatic hydroxyl groups is 1. The summed E-state index contributed by atoms with van der Waals surface area (Å²) in [5, 5.41) is 17.7. The van der Waals surface area contributed by atoms with Crippen LogP contribution in [-0.4, -0.2) is 31.8 Å². The zero-order valence-electron chi connectivity index (χ0n) is 7.68. The fraction of sp³-hybridized carbons (Fsp3) is 0.556. The van der Waals surface area contributed by atoms with Crippen molar-refractivity contribution in [2.45, 2.75) is 31.9 Å². The smallest absolute Gasteiger partial charge is 0.332 e. The molecule has 1 aromatic rings. The Morgan fingerprint density at radius 2 is 2.50 bits per heavy atom. The van der Waals surface area contributed by atoms with Gasteiger partial charge in [-0.2, -0.15) is 0 Å². The molecule has 2 rings (SSSR count). The van der Waals surface area contributed by atoms with Crippen molar-refractivity contribution >= 4 is 5.97 Å². The summed E-state index contributed by atoms with van der Waals surface area (Å²) in [6.07, 6.45) is 2.47. The van der Waals surface area contributed by atoms with Gasteiger partial charge in [-0.3, -0.25) is 0 Å². The third kappa shape index (κ3) is 1.50. The number of nitrogens with zero attached hydrogens (tertiary/aromatic N) is 2. The van der Waals surface area contributed by atoms with Crippen LogP contribution in [0.2, 0.25) is 0 Å². The molecule has 1 aliphatic heterocycles. The Morgan fingerprint density at radius 3 is 3.21 bits per heavy atom. The predicted octanol–water partition coefficient (Wildman–Crippen LogP) is -0.183. The van der Waals surface area contributed by atoms with E-state index in [9.17, 15) is 9.90 Å². The van der Waals surface area contributed by atoms with Gasteiger partial charge in [0.1, 0.15) is 5.82 Å². The number of aromatic nitrogens is 2. The average molecular weight is 196 g/mol. The molecule has 0 saturated carbocycles. The second-order valence-electron chi connectivity index (χ2n) is 3.48. The van der Waals surface area contributed by atoms with Crippen LogP contribution in [0, 0.1) is 0 Å². The number of carbonyl (C=O) groups is 1. The van der Waals surface area contributed by atoms with Gasteiger partial charge in [0, 0.05) is 31.3 Å². The first kappa shape index (κ1) is 9.21. The van der Waals surface area contributed by atoms with Crippen molar-refractivity contribution in [1.29, 1.82) is 0 Å². The third-order valence-corrected chi connectivity index (χ3v) is 2.49. The molecule has 1 aromatic heterocycles. The van der Waals surface area contributed by atoms with Gasteiger partial charge in [-0.05, 0) is 6.42 Å². The second kappa shape index (κ2) is 3.42. The van der Waals surface area contributed by atoms with E-state index in [4.69, 9.17) is 5.11 Å². The summed E-state index contributed by atoms with van der Waals surface area (Å²) in [5.41, 5.74) is 0.812. The monoisotopic (exact) mass is 196 g/mol. The van der Waals surface area contributed by atoms with Crippen LogP contribution in [0.4, 0.5) is 0 Å². The minimum Gasteiger partial charge on any atom is -0.479 e. The molecule has 5 nitrogen and oxygen atoms in total. The van der Waals surface area contributed by atoms with Gasteiger partial charge in [-0.25, -0.2) is 9.78 Å². The molecule has 0 bridgehead atoms. The van der Waals surface area contributed by atoms with Gasteiger partial charge in [0.25, 0.3) is 0 Å². The van der Waals surface area contributed by atoms with Crippen molar-refractivity contribution in [1.82, 2.24) is 9.55 Å². The van der Waals surface area contributed by atoms with E-state index >= 15 is 0 Å². The van der Waals surface area contributed by atoms with Crippen molar-refractivity contribution in [3.05, 3.63) is 17.7 Å². The Morgan fingerprint density at radius 1 is 1.71 bits per heavy atom. The molecule has 1 aliphatic rings. The number of carboxylic acids is 1. The molecule has 0 saturated heterocycles. The van der Waals surface area contributed by atoms with Gasteiger partial charge >= 0.3 is 5.97 Å². The Hall–Kier alpha value is -1.36. The molecular formula is C9H12N2O3. The van der Waals surface area contributed by atoms with E-state index in [-0.39, 0.29) is 6.42 Å². The number of aryl methyl sites for hydroxylation is 1. The summed E-state index contributed by atoms with van der Waals surface area (Å²) >= 11 is 0. The van der Waals surface area contributed by atoms with Gasteiger partial charge in [-0.15, -0.1) is 0 Å². The van der Waals surface area contributed by atoms with Crippen LogP contribution in [0.15, 0.2) is 6.20 Å². The predicted molar refractivity (Wildman–Crippen MR) is 47.9 cm³/mol.